The zero-order valence-electron chi connectivity index (χ0n) is 13.6. The van der Waals surface area contributed by atoms with Crippen LogP contribution in [0.2, 0.25) is 0 Å². The molecule has 0 unspecified atom stereocenters. The maximum Gasteiger partial charge on any atom is 0.411 e. The molecule has 1 saturated heterocycles. The molecular weight excluding hydrogens is 330 g/mol. The topological polar surface area (TPSA) is 55.8 Å². The number of hydrogen-bond acceptors (Lipinski definition) is 4. The minimum absolute atomic E-state index is 0. The molecule has 24 heavy (non-hydrogen) atoms. The normalized spacial score (nSPS) is 20.2. The fraction of sp³-hybridized carbons (Fsp3) is 0.556. The standard InChI is InChI=1S/C17H22ClNO4.CH4/c1-17(2,3)23-16(21)19-10-13(18)9-14(19)15(20)22-11-12-7-5-4-6-8-12;/h4-8,13-14H,9-11H2,1-3H3;1H4/t13-,14-;/m0./s1. The number of esters is 1. The number of carbonyl (C=O) groups is 2. The predicted molar refractivity (Wildman–Crippen MR) is 94.0 cm³/mol. The molecule has 2 rings (SSSR count). The number of amides is 1. The van der Waals surface area contributed by atoms with E-state index in [1.54, 1.807) is 20.8 Å². The highest BCUT2D eigenvalue weighted by atomic mass is 35.5. The molecule has 1 heterocycles. The molecule has 1 aliphatic rings. The molecule has 0 aromatic heterocycles. The van der Waals surface area contributed by atoms with Gasteiger partial charge in [0, 0.05) is 6.54 Å². The molecule has 134 valence electrons. The van der Waals surface area contributed by atoms with E-state index in [0.717, 1.165) is 5.56 Å². The van der Waals surface area contributed by atoms with Gasteiger partial charge in [-0.05, 0) is 32.8 Å². The van der Waals surface area contributed by atoms with Gasteiger partial charge in [0.1, 0.15) is 18.2 Å². The van der Waals surface area contributed by atoms with E-state index < -0.39 is 23.7 Å². The summed E-state index contributed by atoms with van der Waals surface area (Å²) in [5.74, 6) is -0.456. The Bertz CT molecular complexity index is 556. The van der Waals surface area contributed by atoms with E-state index in [4.69, 9.17) is 21.1 Å². The summed E-state index contributed by atoms with van der Waals surface area (Å²) in [5.41, 5.74) is 0.269. The molecule has 0 bridgehead atoms. The number of halogens is 1. The van der Waals surface area contributed by atoms with Crippen LogP contribution in [0.4, 0.5) is 4.79 Å². The summed E-state index contributed by atoms with van der Waals surface area (Å²) in [7, 11) is 0. The van der Waals surface area contributed by atoms with E-state index >= 15 is 0 Å². The van der Waals surface area contributed by atoms with Crippen LogP contribution < -0.4 is 0 Å². The number of rotatable bonds is 3. The average molecular weight is 356 g/mol. The van der Waals surface area contributed by atoms with Gasteiger partial charge in [0.25, 0.3) is 0 Å². The molecule has 0 saturated carbocycles. The molecule has 5 nitrogen and oxygen atoms in total. The molecular formula is C18H26ClNO4. The van der Waals surface area contributed by atoms with E-state index in [0.29, 0.717) is 6.42 Å². The van der Waals surface area contributed by atoms with Gasteiger partial charge in [0.15, 0.2) is 0 Å². The fourth-order valence-electron chi connectivity index (χ4n) is 2.36. The predicted octanol–water partition coefficient (Wildman–Crippen LogP) is 3.98. The van der Waals surface area contributed by atoms with E-state index in [1.165, 1.54) is 4.90 Å². The average Bonchev–Trinajstić information content (AvgIpc) is 2.86. The van der Waals surface area contributed by atoms with Crippen LogP contribution in [0.1, 0.15) is 40.2 Å². The molecule has 0 aliphatic carbocycles. The van der Waals surface area contributed by atoms with Crippen molar-refractivity contribution >= 4 is 23.7 Å². The zero-order valence-corrected chi connectivity index (χ0v) is 14.4. The Kier molecular flexibility index (Phi) is 7.08. The van der Waals surface area contributed by atoms with Crippen molar-refractivity contribution in [2.75, 3.05) is 6.54 Å². The number of ether oxygens (including phenoxy) is 2. The molecule has 1 fully saturated rings. The molecule has 1 amide bonds. The maximum absolute atomic E-state index is 12.3. The highest BCUT2D eigenvalue weighted by Gasteiger charge is 2.41. The number of nitrogens with zero attached hydrogens (tertiary/aromatic N) is 1. The maximum atomic E-state index is 12.3. The third-order valence-corrected chi connectivity index (χ3v) is 3.69. The lowest BCUT2D eigenvalue weighted by Crippen LogP contribution is -2.44. The number of alkyl halides is 1. The van der Waals surface area contributed by atoms with E-state index in [9.17, 15) is 9.59 Å². The van der Waals surface area contributed by atoms with Gasteiger partial charge < -0.3 is 9.47 Å². The van der Waals surface area contributed by atoms with Crippen LogP contribution in [-0.2, 0) is 20.9 Å². The van der Waals surface area contributed by atoms with Crippen LogP contribution in [0, 0.1) is 0 Å². The Morgan fingerprint density at radius 2 is 1.88 bits per heavy atom. The first-order chi connectivity index (χ1) is 10.8. The summed E-state index contributed by atoms with van der Waals surface area (Å²) in [6.45, 7) is 5.79. The summed E-state index contributed by atoms with van der Waals surface area (Å²) >= 11 is 6.12. The van der Waals surface area contributed by atoms with Gasteiger partial charge in [-0.3, -0.25) is 4.90 Å². The molecule has 0 radical (unpaired) electrons. The van der Waals surface area contributed by atoms with Crippen LogP contribution in [0.3, 0.4) is 0 Å². The second kappa shape index (κ2) is 8.38. The zero-order chi connectivity index (χ0) is 17.0. The number of likely N-dealkylation sites (tertiary alicyclic amines) is 1. The Balaban J connectivity index is 0.00000288. The molecule has 1 aromatic carbocycles. The number of benzene rings is 1. The van der Waals surface area contributed by atoms with E-state index in [-0.39, 0.29) is 26.0 Å². The fourth-order valence-corrected chi connectivity index (χ4v) is 2.67. The van der Waals surface area contributed by atoms with Crippen molar-refractivity contribution in [3.05, 3.63) is 35.9 Å². The first-order valence-electron chi connectivity index (χ1n) is 7.60. The Morgan fingerprint density at radius 3 is 2.46 bits per heavy atom. The van der Waals surface area contributed by atoms with Crippen molar-refractivity contribution in [2.24, 2.45) is 0 Å². The molecule has 1 aliphatic heterocycles. The van der Waals surface area contributed by atoms with E-state index in [1.807, 2.05) is 30.3 Å². The summed E-state index contributed by atoms with van der Waals surface area (Å²) in [5, 5.41) is -0.281. The molecule has 0 spiro atoms. The number of carbonyl (C=O) groups excluding carboxylic acids is 2. The van der Waals surface area contributed by atoms with Crippen molar-refractivity contribution in [1.82, 2.24) is 4.90 Å². The smallest absolute Gasteiger partial charge is 0.411 e. The van der Waals surface area contributed by atoms with Gasteiger partial charge in [-0.25, -0.2) is 9.59 Å². The first-order valence-corrected chi connectivity index (χ1v) is 8.04. The van der Waals surface area contributed by atoms with Crippen molar-refractivity contribution in [1.29, 1.82) is 0 Å². The highest BCUT2D eigenvalue weighted by molar-refractivity contribution is 6.21. The lowest BCUT2D eigenvalue weighted by Gasteiger charge is -2.27. The first kappa shape index (κ1) is 20.3. The van der Waals surface area contributed by atoms with Crippen LogP contribution in [0.5, 0.6) is 0 Å². The minimum Gasteiger partial charge on any atom is -0.459 e. The summed E-state index contributed by atoms with van der Waals surface area (Å²) in [4.78, 5) is 25.9. The third-order valence-electron chi connectivity index (χ3n) is 3.37. The number of hydrogen-bond donors (Lipinski definition) is 0. The largest absolute Gasteiger partial charge is 0.459 e. The molecule has 6 heteroatoms. The second-order valence-corrected chi connectivity index (χ2v) is 7.19. The Morgan fingerprint density at radius 1 is 1.25 bits per heavy atom. The third kappa shape index (κ3) is 5.71. The van der Waals surface area contributed by atoms with Crippen molar-refractivity contribution in [3.8, 4) is 0 Å². The monoisotopic (exact) mass is 355 g/mol. The Labute approximate surface area is 148 Å². The highest BCUT2D eigenvalue weighted by Crippen LogP contribution is 2.25. The van der Waals surface area contributed by atoms with Crippen molar-refractivity contribution in [2.45, 2.75) is 58.2 Å². The van der Waals surface area contributed by atoms with Crippen molar-refractivity contribution < 1.29 is 19.1 Å². The summed E-state index contributed by atoms with van der Waals surface area (Å²) < 4.78 is 10.7. The lowest BCUT2D eigenvalue weighted by atomic mass is 10.2. The van der Waals surface area contributed by atoms with E-state index in [2.05, 4.69) is 0 Å². The molecule has 1 aromatic rings. The van der Waals surface area contributed by atoms with Gasteiger partial charge in [-0.2, -0.15) is 0 Å². The van der Waals surface area contributed by atoms with Gasteiger partial charge in [-0.15, -0.1) is 11.6 Å². The van der Waals surface area contributed by atoms with Crippen LogP contribution in [0.15, 0.2) is 30.3 Å². The minimum atomic E-state index is -0.698. The van der Waals surface area contributed by atoms with Gasteiger partial charge >= 0.3 is 12.1 Å². The summed E-state index contributed by atoms with van der Waals surface area (Å²) in [6, 6.07) is 8.69. The summed E-state index contributed by atoms with van der Waals surface area (Å²) in [6.07, 6.45) is -0.170. The SMILES string of the molecule is C.CC(C)(C)OC(=O)N1C[C@@H](Cl)C[C@H]1C(=O)OCc1ccccc1. The quantitative estimate of drug-likeness (QED) is 0.607. The van der Waals surface area contributed by atoms with Crippen LogP contribution in [0.25, 0.3) is 0 Å². The molecule has 0 N–H and O–H groups in total. The second-order valence-electron chi connectivity index (χ2n) is 6.57. The lowest BCUT2D eigenvalue weighted by molar-refractivity contribution is -0.150. The molecule has 2 atom stereocenters. The van der Waals surface area contributed by atoms with Crippen molar-refractivity contribution in [3.63, 3.8) is 0 Å². The van der Waals surface area contributed by atoms with Gasteiger partial charge in [-0.1, -0.05) is 37.8 Å². The van der Waals surface area contributed by atoms with Crippen LogP contribution >= 0.6 is 11.6 Å². The van der Waals surface area contributed by atoms with Crippen LogP contribution in [-0.4, -0.2) is 40.5 Å². The van der Waals surface area contributed by atoms with Gasteiger partial charge in [0.2, 0.25) is 0 Å². The van der Waals surface area contributed by atoms with Gasteiger partial charge in [0.05, 0.1) is 5.38 Å². The Hall–Kier alpha value is -1.75.